The molecule has 0 saturated carbocycles. The lowest BCUT2D eigenvalue weighted by atomic mass is 10.1. The highest BCUT2D eigenvalue weighted by atomic mass is 16.1. The highest BCUT2D eigenvalue weighted by Crippen LogP contribution is 2.18. The summed E-state index contributed by atoms with van der Waals surface area (Å²) in [6.07, 6.45) is 0. The summed E-state index contributed by atoms with van der Waals surface area (Å²) in [7, 11) is 0. The Morgan fingerprint density at radius 2 is 1.79 bits per heavy atom. The van der Waals surface area contributed by atoms with Crippen LogP contribution >= 0.6 is 0 Å². The van der Waals surface area contributed by atoms with Gasteiger partial charge in [0.1, 0.15) is 5.69 Å². The maximum absolute atomic E-state index is 12.3. The summed E-state index contributed by atoms with van der Waals surface area (Å²) in [6.45, 7) is 12.2. The zero-order chi connectivity index (χ0) is 17.7. The summed E-state index contributed by atoms with van der Waals surface area (Å²) in [5.74, 6) is -0.117. The van der Waals surface area contributed by atoms with E-state index < -0.39 is 0 Å². The number of aryl methyl sites for hydroxylation is 1. The van der Waals surface area contributed by atoms with E-state index in [9.17, 15) is 4.79 Å². The van der Waals surface area contributed by atoms with Gasteiger partial charge in [-0.2, -0.15) is 5.10 Å². The second kappa shape index (κ2) is 8.11. The Hall–Kier alpha value is -2.14. The molecule has 5 nitrogen and oxygen atoms in total. The van der Waals surface area contributed by atoms with Gasteiger partial charge < -0.3 is 5.32 Å². The van der Waals surface area contributed by atoms with Gasteiger partial charge in [-0.1, -0.05) is 29.8 Å². The summed E-state index contributed by atoms with van der Waals surface area (Å²) in [5.41, 5.74) is 3.48. The topological polar surface area (TPSA) is 61.0 Å². The zero-order valence-corrected chi connectivity index (χ0v) is 15.3. The molecule has 1 heterocycles. The van der Waals surface area contributed by atoms with Crippen molar-refractivity contribution in [3.63, 3.8) is 0 Å². The third-order valence-electron chi connectivity index (χ3n) is 4.15. The van der Waals surface area contributed by atoms with Crippen molar-refractivity contribution in [2.45, 2.75) is 46.7 Å². The smallest absolute Gasteiger partial charge is 0.269 e. The second-order valence-electron chi connectivity index (χ2n) is 6.71. The highest BCUT2D eigenvalue weighted by Gasteiger charge is 2.14. The van der Waals surface area contributed by atoms with Crippen molar-refractivity contribution >= 4 is 5.91 Å². The van der Waals surface area contributed by atoms with Crippen molar-refractivity contribution in [1.82, 2.24) is 20.4 Å². The van der Waals surface area contributed by atoms with E-state index in [0.717, 1.165) is 17.8 Å². The molecule has 2 N–H and O–H groups in total. The monoisotopic (exact) mass is 328 g/mol. The van der Waals surface area contributed by atoms with Gasteiger partial charge in [-0.05, 0) is 40.7 Å². The first-order chi connectivity index (χ1) is 11.4. The Kier molecular flexibility index (Phi) is 6.15. The zero-order valence-electron chi connectivity index (χ0n) is 15.3. The molecule has 0 atom stereocenters. The first-order valence-corrected chi connectivity index (χ1v) is 8.55. The van der Waals surface area contributed by atoms with Gasteiger partial charge in [0, 0.05) is 30.7 Å². The number of carbonyl (C=O) groups excluding carboxylic acids is 1. The van der Waals surface area contributed by atoms with E-state index in [1.807, 2.05) is 31.2 Å². The number of nitrogens with one attached hydrogen (secondary N) is 2. The summed E-state index contributed by atoms with van der Waals surface area (Å²) in [6, 6.07) is 10.8. The van der Waals surface area contributed by atoms with Gasteiger partial charge in [-0.3, -0.25) is 14.8 Å². The van der Waals surface area contributed by atoms with Gasteiger partial charge in [0.05, 0.1) is 5.69 Å². The van der Waals surface area contributed by atoms with E-state index in [2.05, 4.69) is 48.1 Å². The van der Waals surface area contributed by atoms with Crippen LogP contribution in [0.2, 0.25) is 0 Å². The number of aromatic amines is 1. The lowest BCUT2D eigenvalue weighted by Crippen LogP contribution is -2.42. The van der Waals surface area contributed by atoms with Crippen molar-refractivity contribution < 1.29 is 4.79 Å². The summed E-state index contributed by atoms with van der Waals surface area (Å²) >= 11 is 0. The third kappa shape index (κ3) is 4.68. The number of rotatable bonds is 7. The van der Waals surface area contributed by atoms with Crippen LogP contribution in [0.4, 0.5) is 0 Å². The molecule has 24 heavy (non-hydrogen) atoms. The average Bonchev–Trinajstić information content (AvgIpc) is 3.01. The fourth-order valence-corrected chi connectivity index (χ4v) is 2.82. The molecule has 5 heteroatoms. The van der Waals surface area contributed by atoms with Crippen molar-refractivity contribution in [2.75, 3.05) is 13.1 Å². The van der Waals surface area contributed by atoms with E-state index in [4.69, 9.17) is 0 Å². The molecule has 0 aliphatic rings. The molecule has 130 valence electrons. The molecule has 2 aromatic rings. The van der Waals surface area contributed by atoms with Crippen LogP contribution in [-0.2, 0) is 0 Å². The number of hydrogen-bond acceptors (Lipinski definition) is 3. The van der Waals surface area contributed by atoms with E-state index in [1.165, 1.54) is 5.56 Å². The number of aromatic nitrogens is 2. The van der Waals surface area contributed by atoms with E-state index >= 15 is 0 Å². The van der Waals surface area contributed by atoms with Crippen molar-refractivity contribution in [3.8, 4) is 11.3 Å². The van der Waals surface area contributed by atoms with Gasteiger partial charge in [0.25, 0.3) is 5.91 Å². The lowest BCUT2D eigenvalue weighted by Gasteiger charge is -2.30. The molecule has 0 radical (unpaired) electrons. The molecule has 0 bridgehead atoms. The minimum Gasteiger partial charge on any atom is -0.349 e. The van der Waals surface area contributed by atoms with Gasteiger partial charge >= 0.3 is 0 Å². The van der Waals surface area contributed by atoms with E-state index in [-0.39, 0.29) is 5.91 Å². The maximum Gasteiger partial charge on any atom is 0.269 e. The first kappa shape index (κ1) is 18.2. The van der Waals surface area contributed by atoms with Crippen LogP contribution in [0.25, 0.3) is 11.3 Å². The number of amides is 1. The molecule has 0 unspecified atom stereocenters. The molecule has 0 aliphatic carbocycles. The third-order valence-corrected chi connectivity index (χ3v) is 4.15. The molecule has 2 rings (SSSR count). The molecule has 0 fully saturated rings. The Labute approximate surface area is 144 Å². The number of carbonyl (C=O) groups is 1. The standard InChI is InChI=1S/C19H28N4O/c1-13(2)23(14(3)4)11-10-20-19(24)18-12-17(21-22-18)16-8-6-15(5)7-9-16/h6-9,12-14H,10-11H2,1-5H3,(H,20,24)(H,21,22). The molecule has 0 aliphatic heterocycles. The lowest BCUT2D eigenvalue weighted by molar-refractivity contribution is 0.0934. The van der Waals surface area contributed by atoms with Crippen LogP contribution in [0.1, 0.15) is 43.7 Å². The van der Waals surface area contributed by atoms with Crippen LogP contribution in [0, 0.1) is 6.92 Å². The molecular weight excluding hydrogens is 300 g/mol. The molecule has 1 aromatic heterocycles. The number of hydrogen-bond donors (Lipinski definition) is 2. The predicted octanol–water partition coefficient (Wildman–Crippen LogP) is 3.23. The molecule has 1 amide bonds. The molecule has 0 spiro atoms. The van der Waals surface area contributed by atoms with Crippen molar-refractivity contribution in [1.29, 1.82) is 0 Å². The van der Waals surface area contributed by atoms with E-state index in [1.54, 1.807) is 6.07 Å². The maximum atomic E-state index is 12.3. The van der Waals surface area contributed by atoms with Gasteiger partial charge in [-0.25, -0.2) is 0 Å². The SMILES string of the molecule is Cc1ccc(-c2cc(C(=O)NCCN(C(C)C)C(C)C)[nH]n2)cc1. The fraction of sp³-hybridized carbons (Fsp3) is 0.474. The van der Waals surface area contributed by atoms with Crippen molar-refractivity contribution in [3.05, 3.63) is 41.6 Å². The Bertz CT molecular complexity index is 650. The first-order valence-electron chi connectivity index (χ1n) is 8.55. The van der Waals surface area contributed by atoms with Crippen LogP contribution < -0.4 is 5.32 Å². The molecular formula is C19H28N4O. The van der Waals surface area contributed by atoms with Crippen LogP contribution in [0.15, 0.2) is 30.3 Å². The van der Waals surface area contributed by atoms with Crippen LogP contribution in [0.5, 0.6) is 0 Å². The number of nitrogens with zero attached hydrogens (tertiary/aromatic N) is 2. The highest BCUT2D eigenvalue weighted by molar-refractivity contribution is 5.93. The Balaban J connectivity index is 1.93. The summed E-state index contributed by atoms with van der Waals surface area (Å²) < 4.78 is 0. The second-order valence-corrected chi connectivity index (χ2v) is 6.71. The summed E-state index contributed by atoms with van der Waals surface area (Å²) in [4.78, 5) is 14.6. The normalized spacial score (nSPS) is 11.5. The van der Waals surface area contributed by atoms with Crippen molar-refractivity contribution in [2.24, 2.45) is 0 Å². The largest absolute Gasteiger partial charge is 0.349 e. The predicted molar refractivity (Wildman–Crippen MR) is 98.1 cm³/mol. The van der Waals surface area contributed by atoms with Crippen LogP contribution in [0.3, 0.4) is 0 Å². The molecule has 1 aromatic carbocycles. The quantitative estimate of drug-likeness (QED) is 0.820. The fourth-order valence-electron chi connectivity index (χ4n) is 2.82. The number of H-pyrrole nitrogens is 1. The van der Waals surface area contributed by atoms with Gasteiger partial charge in [0.2, 0.25) is 0 Å². The molecule has 0 saturated heterocycles. The average molecular weight is 328 g/mol. The number of benzene rings is 1. The Morgan fingerprint density at radius 3 is 2.38 bits per heavy atom. The minimum atomic E-state index is -0.117. The van der Waals surface area contributed by atoms with E-state index in [0.29, 0.717) is 24.3 Å². The summed E-state index contributed by atoms with van der Waals surface area (Å²) in [5, 5.41) is 10.0. The Morgan fingerprint density at radius 1 is 1.17 bits per heavy atom. The van der Waals surface area contributed by atoms with Gasteiger partial charge in [0.15, 0.2) is 0 Å². The van der Waals surface area contributed by atoms with Gasteiger partial charge in [-0.15, -0.1) is 0 Å². The van der Waals surface area contributed by atoms with Crippen LogP contribution in [-0.4, -0.2) is 46.2 Å². The minimum absolute atomic E-state index is 0.117.